The molecule has 0 saturated heterocycles. The topological polar surface area (TPSA) is 114 Å². The van der Waals surface area contributed by atoms with Gasteiger partial charge in [0.1, 0.15) is 5.75 Å². The van der Waals surface area contributed by atoms with E-state index in [-0.39, 0.29) is 0 Å². The first-order chi connectivity index (χ1) is 11.7. The number of ether oxygens (including phenoxy) is 1. The number of nitrogens with two attached hydrogens (primary N) is 1. The van der Waals surface area contributed by atoms with Gasteiger partial charge in [-0.1, -0.05) is 0 Å². The van der Waals surface area contributed by atoms with Crippen LogP contribution in [0.2, 0.25) is 0 Å². The van der Waals surface area contributed by atoms with Gasteiger partial charge in [-0.25, -0.2) is 9.97 Å². The molecule has 2 aromatic heterocycles. The first-order valence-corrected chi connectivity index (χ1v) is 7.45. The molecule has 2 heterocycles. The predicted octanol–water partition coefficient (Wildman–Crippen LogP) is 2.34. The lowest BCUT2D eigenvalue weighted by Gasteiger charge is -2.09. The largest absolute Gasteiger partial charge is 0.437 e. The van der Waals surface area contributed by atoms with Crippen LogP contribution in [0.25, 0.3) is 11.4 Å². The number of H-pyrrole nitrogens is 1. The number of aromatic nitrogens is 4. The van der Waals surface area contributed by atoms with E-state index < -0.39 is 0 Å². The molecule has 0 spiro atoms. The monoisotopic (exact) mass is 320 g/mol. The lowest BCUT2D eigenvalue weighted by Crippen LogP contribution is -2.04. The van der Waals surface area contributed by atoms with E-state index in [9.17, 15) is 0 Å². The van der Waals surface area contributed by atoms with Crippen molar-refractivity contribution in [3.63, 3.8) is 0 Å². The van der Waals surface area contributed by atoms with Gasteiger partial charge in [-0.2, -0.15) is 5.26 Å². The molecule has 0 aliphatic carbocycles. The second kappa shape index (κ2) is 6.89. The van der Waals surface area contributed by atoms with Crippen molar-refractivity contribution >= 4 is 0 Å². The molecule has 3 rings (SSSR count). The minimum atomic E-state index is 0.420. The van der Waals surface area contributed by atoms with Crippen molar-refractivity contribution in [2.45, 2.75) is 13.3 Å². The van der Waals surface area contributed by atoms with Gasteiger partial charge in [0.25, 0.3) is 0 Å². The third-order valence-electron chi connectivity index (χ3n) is 3.39. The van der Waals surface area contributed by atoms with Crippen LogP contribution in [0.5, 0.6) is 11.6 Å². The molecule has 3 N–H and O–H groups in total. The second-order valence-electron chi connectivity index (χ2n) is 5.27. The lowest BCUT2D eigenvalue weighted by atomic mass is 10.1. The normalized spacial score (nSPS) is 10.4. The van der Waals surface area contributed by atoms with E-state index in [4.69, 9.17) is 15.7 Å². The number of aromatic amines is 1. The van der Waals surface area contributed by atoms with Crippen LogP contribution in [0.15, 0.2) is 36.7 Å². The third-order valence-corrected chi connectivity index (χ3v) is 3.39. The summed E-state index contributed by atoms with van der Waals surface area (Å²) in [5.41, 5.74) is 8.57. The zero-order valence-electron chi connectivity index (χ0n) is 13.2. The molecule has 120 valence electrons. The summed E-state index contributed by atoms with van der Waals surface area (Å²) in [6.07, 6.45) is 4.22. The highest BCUT2D eigenvalue weighted by Gasteiger charge is 2.13. The summed E-state index contributed by atoms with van der Waals surface area (Å²) in [4.78, 5) is 8.75. The van der Waals surface area contributed by atoms with E-state index in [1.54, 1.807) is 36.7 Å². The molecule has 0 amide bonds. The Balaban J connectivity index is 1.98. The summed E-state index contributed by atoms with van der Waals surface area (Å²) in [7, 11) is 0. The molecule has 7 heteroatoms. The molecule has 0 aliphatic rings. The highest BCUT2D eigenvalue weighted by molar-refractivity contribution is 5.66. The fraction of sp³-hybridized carbons (Fsp3) is 0.176. The summed E-state index contributed by atoms with van der Waals surface area (Å²) >= 11 is 0. The van der Waals surface area contributed by atoms with Gasteiger partial charge < -0.3 is 10.5 Å². The molecule has 24 heavy (non-hydrogen) atoms. The van der Waals surface area contributed by atoms with Crippen LogP contribution in [-0.2, 0) is 6.42 Å². The quantitative estimate of drug-likeness (QED) is 0.746. The maximum Gasteiger partial charge on any atom is 0.238 e. The Labute approximate surface area is 139 Å². The molecule has 0 atom stereocenters. The fourth-order valence-corrected chi connectivity index (χ4v) is 2.21. The van der Waals surface area contributed by atoms with Gasteiger partial charge in [-0.3, -0.25) is 5.10 Å². The van der Waals surface area contributed by atoms with Crippen molar-refractivity contribution in [1.29, 1.82) is 5.26 Å². The number of aryl methyl sites for hydroxylation is 1. The van der Waals surface area contributed by atoms with Crippen LogP contribution < -0.4 is 10.5 Å². The Morgan fingerprint density at radius 1 is 1.25 bits per heavy atom. The molecule has 0 radical (unpaired) electrons. The molecule has 3 aromatic rings. The van der Waals surface area contributed by atoms with E-state index >= 15 is 0 Å². The third kappa shape index (κ3) is 3.39. The molecular formula is C17H16N6O. The van der Waals surface area contributed by atoms with Gasteiger partial charge in [-0.15, -0.1) is 5.10 Å². The zero-order valence-corrected chi connectivity index (χ0v) is 13.2. The lowest BCUT2D eigenvalue weighted by molar-refractivity contribution is 0.463. The first kappa shape index (κ1) is 15.6. The van der Waals surface area contributed by atoms with Crippen molar-refractivity contribution in [2.75, 3.05) is 6.54 Å². The van der Waals surface area contributed by atoms with Crippen LogP contribution >= 0.6 is 0 Å². The summed E-state index contributed by atoms with van der Waals surface area (Å²) in [5, 5.41) is 16.0. The summed E-state index contributed by atoms with van der Waals surface area (Å²) in [6.45, 7) is 2.43. The van der Waals surface area contributed by atoms with Crippen molar-refractivity contribution in [3.05, 3.63) is 53.5 Å². The standard InChI is InChI=1S/C17H16N6O/c1-11-6-16(23-22-11)24-15-7-12(8-19)2-3-14(15)17-20-9-13(4-5-18)10-21-17/h2-3,6-7,9-10H,4-5,18H2,1H3,(H,22,23). The second-order valence-corrected chi connectivity index (χ2v) is 5.27. The molecule has 0 fully saturated rings. The Bertz CT molecular complexity index is 879. The fourth-order valence-electron chi connectivity index (χ4n) is 2.21. The van der Waals surface area contributed by atoms with Crippen LogP contribution in [0.3, 0.4) is 0 Å². The van der Waals surface area contributed by atoms with Crippen LogP contribution in [0.4, 0.5) is 0 Å². The Morgan fingerprint density at radius 2 is 2.04 bits per heavy atom. The molecular weight excluding hydrogens is 304 g/mol. The SMILES string of the molecule is Cc1cc(Oc2cc(C#N)ccc2-c2ncc(CCN)cn2)n[nH]1. The van der Waals surface area contributed by atoms with Crippen molar-refractivity contribution in [2.24, 2.45) is 5.73 Å². The van der Waals surface area contributed by atoms with Gasteiger partial charge in [0.15, 0.2) is 5.82 Å². The van der Waals surface area contributed by atoms with E-state index in [1.165, 1.54) is 0 Å². The van der Waals surface area contributed by atoms with Gasteiger partial charge >= 0.3 is 0 Å². The van der Waals surface area contributed by atoms with E-state index in [1.807, 2.05) is 6.92 Å². The average molecular weight is 320 g/mol. The van der Waals surface area contributed by atoms with E-state index in [0.717, 1.165) is 17.7 Å². The van der Waals surface area contributed by atoms with Crippen molar-refractivity contribution < 1.29 is 4.74 Å². The Kier molecular flexibility index (Phi) is 4.50. The number of rotatable bonds is 5. The first-order valence-electron chi connectivity index (χ1n) is 7.45. The van der Waals surface area contributed by atoms with Crippen molar-refractivity contribution in [3.8, 4) is 29.1 Å². The highest BCUT2D eigenvalue weighted by Crippen LogP contribution is 2.31. The molecule has 0 unspecified atom stereocenters. The van der Waals surface area contributed by atoms with Gasteiger partial charge in [0, 0.05) is 24.2 Å². The minimum absolute atomic E-state index is 0.420. The minimum Gasteiger partial charge on any atom is -0.437 e. The van der Waals surface area contributed by atoms with Gasteiger partial charge in [0.05, 0.1) is 17.2 Å². The number of benzene rings is 1. The maximum atomic E-state index is 9.12. The summed E-state index contributed by atoms with van der Waals surface area (Å²) in [5.74, 6) is 1.42. The molecule has 7 nitrogen and oxygen atoms in total. The molecule has 0 saturated carbocycles. The number of hydrogen-bond acceptors (Lipinski definition) is 6. The number of nitrogens with one attached hydrogen (secondary N) is 1. The van der Waals surface area contributed by atoms with Crippen LogP contribution in [0, 0.1) is 18.3 Å². The highest BCUT2D eigenvalue weighted by atomic mass is 16.5. The van der Waals surface area contributed by atoms with Gasteiger partial charge in [-0.05, 0) is 43.7 Å². The number of hydrogen-bond donors (Lipinski definition) is 2. The van der Waals surface area contributed by atoms with Crippen LogP contribution in [0.1, 0.15) is 16.8 Å². The zero-order chi connectivity index (χ0) is 16.9. The van der Waals surface area contributed by atoms with E-state index in [0.29, 0.717) is 35.1 Å². The smallest absolute Gasteiger partial charge is 0.238 e. The number of nitriles is 1. The molecule has 1 aromatic carbocycles. The molecule has 0 bridgehead atoms. The Morgan fingerprint density at radius 3 is 2.67 bits per heavy atom. The number of nitrogens with zero attached hydrogens (tertiary/aromatic N) is 4. The molecule has 0 aliphatic heterocycles. The van der Waals surface area contributed by atoms with Crippen LogP contribution in [-0.4, -0.2) is 26.7 Å². The van der Waals surface area contributed by atoms with Crippen molar-refractivity contribution in [1.82, 2.24) is 20.2 Å². The maximum absolute atomic E-state index is 9.12. The van der Waals surface area contributed by atoms with Gasteiger partial charge in [0.2, 0.25) is 5.88 Å². The predicted molar refractivity (Wildman–Crippen MR) is 88.3 cm³/mol. The average Bonchev–Trinajstić information content (AvgIpc) is 3.01. The summed E-state index contributed by atoms with van der Waals surface area (Å²) in [6, 6.07) is 8.99. The Hall–Kier alpha value is -3.24. The summed E-state index contributed by atoms with van der Waals surface area (Å²) < 4.78 is 5.81. The van der Waals surface area contributed by atoms with E-state index in [2.05, 4.69) is 26.2 Å².